The van der Waals surface area contributed by atoms with Gasteiger partial charge in [-0.1, -0.05) is 22.0 Å². The summed E-state index contributed by atoms with van der Waals surface area (Å²) >= 11 is 3.42. The number of benzene rings is 1. The summed E-state index contributed by atoms with van der Waals surface area (Å²) in [4.78, 5) is 0. The van der Waals surface area contributed by atoms with E-state index in [1.165, 1.54) is 6.07 Å². The molecule has 82 valence electrons. The highest BCUT2D eigenvalue weighted by atomic mass is 79.9. The van der Waals surface area contributed by atoms with Crippen LogP contribution in [0.15, 0.2) is 22.7 Å². The quantitative estimate of drug-likeness (QED) is 0.877. The zero-order chi connectivity index (χ0) is 11.3. The topological polar surface area (TPSA) is 26.0 Å². The average Bonchev–Trinajstić information content (AvgIpc) is 2.83. The van der Waals surface area contributed by atoms with Gasteiger partial charge in [0.05, 0.1) is 0 Å². The van der Waals surface area contributed by atoms with E-state index in [1.54, 1.807) is 6.07 Å². The van der Waals surface area contributed by atoms with Crippen LogP contribution in [0.1, 0.15) is 32.3 Å². The molecule has 1 saturated carbocycles. The third-order valence-corrected chi connectivity index (χ3v) is 4.09. The van der Waals surface area contributed by atoms with Crippen molar-refractivity contribution in [3.63, 3.8) is 0 Å². The van der Waals surface area contributed by atoms with Gasteiger partial charge in [0.25, 0.3) is 0 Å². The van der Waals surface area contributed by atoms with Gasteiger partial charge in [-0.15, -0.1) is 0 Å². The number of rotatable bonds is 2. The molecule has 0 radical (unpaired) electrons. The minimum Gasteiger partial charge on any atom is -0.325 e. The minimum atomic E-state index is -0.377. The first-order valence-electron chi connectivity index (χ1n) is 5.12. The Hall–Kier alpha value is -0.410. The first kappa shape index (κ1) is 11.1. The van der Waals surface area contributed by atoms with Gasteiger partial charge in [-0.3, -0.25) is 0 Å². The molecular weight excluding hydrogens is 257 g/mol. The van der Waals surface area contributed by atoms with Crippen molar-refractivity contribution in [2.45, 2.75) is 37.6 Å². The van der Waals surface area contributed by atoms with E-state index < -0.39 is 0 Å². The van der Waals surface area contributed by atoms with E-state index in [1.807, 2.05) is 19.9 Å². The van der Waals surface area contributed by atoms with Gasteiger partial charge in [0, 0.05) is 21.0 Å². The molecule has 1 aromatic rings. The molecule has 0 saturated heterocycles. The smallest absolute Gasteiger partial charge is 0.128 e. The standard InChI is InChI=1S/C12H15BrFN/c1-11(2,15)12(6-7-12)10-8(13)4-3-5-9(10)14/h3-5H,6-7,15H2,1-2H3. The Morgan fingerprint density at radius 1 is 1.40 bits per heavy atom. The van der Waals surface area contributed by atoms with Crippen molar-refractivity contribution in [2.24, 2.45) is 5.73 Å². The van der Waals surface area contributed by atoms with Gasteiger partial charge < -0.3 is 5.73 Å². The highest BCUT2D eigenvalue weighted by Gasteiger charge is 2.55. The van der Waals surface area contributed by atoms with Crippen molar-refractivity contribution < 1.29 is 4.39 Å². The molecule has 1 aromatic carbocycles. The Morgan fingerprint density at radius 3 is 2.40 bits per heavy atom. The van der Waals surface area contributed by atoms with Gasteiger partial charge in [-0.25, -0.2) is 4.39 Å². The Morgan fingerprint density at radius 2 is 2.00 bits per heavy atom. The molecule has 0 unspecified atom stereocenters. The lowest BCUT2D eigenvalue weighted by Gasteiger charge is -2.32. The van der Waals surface area contributed by atoms with E-state index in [-0.39, 0.29) is 16.8 Å². The van der Waals surface area contributed by atoms with Gasteiger partial charge in [-0.05, 0) is 38.8 Å². The lowest BCUT2D eigenvalue weighted by molar-refractivity contribution is 0.377. The summed E-state index contributed by atoms with van der Waals surface area (Å²) in [5.41, 5.74) is 6.35. The van der Waals surface area contributed by atoms with Crippen molar-refractivity contribution in [3.05, 3.63) is 34.1 Å². The summed E-state index contributed by atoms with van der Waals surface area (Å²) < 4.78 is 14.7. The molecule has 2 rings (SSSR count). The molecule has 0 aromatic heterocycles. The van der Waals surface area contributed by atoms with E-state index >= 15 is 0 Å². The number of hydrogen-bond acceptors (Lipinski definition) is 1. The second kappa shape index (κ2) is 3.29. The summed E-state index contributed by atoms with van der Waals surface area (Å²) in [7, 11) is 0. The molecule has 1 nitrogen and oxygen atoms in total. The second-order valence-electron chi connectivity index (χ2n) is 4.90. The number of halogens is 2. The largest absolute Gasteiger partial charge is 0.325 e. The van der Waals surface area contributed by atoms with Crippen LogP contribution in [0.4, 0.5) is 4.39 Å². The van der Waals surface area contributed by atoms with Crippen molar-refractivity contribution >= 4 is 15.9 Å². The molecule has 15 heavy (non-hydrogen) atoms. The maximum atomic E-state index is 13.8. The monoisotopic (exact) mass is 271 g/mol. The molecule has 2 N–H and O–H groups in total. The molecular formula is C12H15BrFN. The van der Waals surface area contributed by atoms with Gasteiger partial charge in [-0.2, -0.15) is 0 Å². The van der Waals surface area contributed by atoms with Crippen LogP contribution in [0.25, 0.3) is 0 Å². The third-order valence-electron chi connectivity index (χ3n) is 3.42. The molecule has 0 heterocycles. The molecule has 0 bridgehead atoms. The van der Waals surface area contributed by atoms with E-state index in [4.69, 9.17) is 5.73 Å². The van der Waals surface area contributed by atoms with Gasteiger partial charge in [0.15, 0.2) is 0 Å². The average molecular weight is 272 g/mol. The van der Waals surface area contributed by atoms with Crippen LogP contribution < -0.4 is 5.73 Å². The highest BCUT2D eigenvalue weighted by molar-refractivity contribution is 9.10. The zero-order valence-corrected chi connectivity index (χ0v) is 10.6. The van der Waals surface area contributed by atoms with Crippen LogP contribution in [-0.2, 0) is 5.41 Å². The molecule has 3 heteroatoms. The Kier molecular flexibility index (Phi) is 2.43. The SMILES string of the molecule is CC(C)(N)C1(c2c(F)cccc2Br)CC1. The Balaban J connectivity index is 2.56. The van der Waals surface area contributed by atoms with Crippen LogP contribution in [-0.4, -0.2) is 5.54 Å². The zero-order valence-electron chi connectivity index (χ0n) is 8.98. The fraction of sp³-hybridized carbons (Fsp3) is 0.500. The van der Waals surface area contributed by atoms with Crippen LogP contribution in [0.2, 0.25) is 0 Å². The Bertz CT molecular complexity index is 371. The lowest BCUT2D eigenvalue weighted by atomic mass is 9.79. The molecule has 0 amide bonds. The van der Waals surface area contributed by atoms with Crippen LogP contribution in [0, 0.1) is 5.82 Å². The van der Waals surface area contributed by atoms with Crippen LogP contribution >= 0.6 is 15.9 Å². The van der Waals surface area contributed by atoms with E-state index in [2.05, 4.69) is 15.9 Å². The molecule has 1 fully saturated rings. The van der Waals surface area contributed by atoms with Gasteiger partial charge in [0.1, 0.15) is 5.82 Å². The fourth-order valence-corrected chi connectivity index (χ4v) is 3.02. The summed E-state index contributed by atoms with van der Waals surface area (Å²) in [5, 5.41) is 0. The summed E-state index contributed by atoms with van der Waals surface area (Å²) in [6.45, 7) is 3.94. The first-order chi connectivity index (χ1) is 6.88. The lowest BCUT2D eigenvalue weighted by Crippen LogP contribution is -2.45. The van der Waals surface area contributed by atoms with Crippen molar-refractivity contribution in [2.75, 3.05) is 0 Å². The number of nitrogens with two attached hydrogens (primary N) is 1. The minimum absolute atomic E-state index is 0.152. The maximum absolute atomic E-state index is 13.8. The molecule has 0 spiro atoms. The maximum Gasteiger partial charge on any atom is 0.128 e. The summed E-state index contributed by atoms with van der Waals surface area (Å²) in [6.07, 6.45) is 1.94. The van der Waals surface area contributed by atoms with E-state index in [0.717, 1.165) is 22.9 Å². The number of hydrogen-bond donors (Lipinski definition) is 1. The van der Waals surface area contributed by atoms with E-state index in [0.29, 0.717) is 0 Å². The van der Waals surface area contributed by atoms with Crippen molar-refractivity contribution in [1.29, 1.82) is 0 Å². The predicted octanol–water partition coefficient (Wildman–Crippen LogP) is 3.36. The van der Waals surface area contributed by atoms with Crippen molar-refractivity contribution in [1.82, 2.24) is 0 Å². The second-order valence-corrected chi connectivity index (χ2v) is 5.75. The van der Waals surface area contributed by atoms with Gasteiger partial charge >= 0.3 is 0 Å². The van der Waals surface area contributed by atoms with E-state index in [9.17, 15) is 4.39 Å². The molecule has 0 atom stereocenters. The summed E-state index contributed by atoms with van der Waals surface area (Å²) in [5.74, 6) is -0.152. The molecule has 1 aliphatic rings. The highest BCUT2D eigenvalue weighted by Crippen LogP contribution is 2.57. The molecule has 1 aliphatic carbocycles. The molecule has 0 aliphatic heterocycles. The van der Waals surface area contributed by atoms with Crippen LogP contribution in [0.3, 0.4) is 0 Å². The van der Waals surface area contributed by atoms with Crippen LogP contribution in [0.5, 0.6) is 0 Å². The Labute approximate surface area is 98.0 Å². The first-order valence-corrected chi connectivity index (χ1v) is 5.91. The van der Waals surface area contributed by atoms with Crippen molar-refractivity contribution in [3.8, 4) is 0 Å². The predicted molar refractivity (Wildman–Crippen MR) is 63.3 cm³/mol. The third kappa shape index (κ3) is 1.62. The normalized spacial score (nSPS) is 19.0. The summed E-state index contributed by atoms with van der Waals surface area (Å²) in [6, 6.07) is 5.10. The van der Waals surface area contributed by atoms with Gasteiger partial charge in [0.2, 0.25) is 0 Å². The fourth-order valence-electron chi connectivity index (χ4n) is 2.30.